The molecule has 0 heterocycles. The van der Waals surface area contributed by atoms with Crippen molar-refractivity contribution in [2.45, 2.75) is 64.2 Å². The van der Waals surface area contributed by atoms with Crippen LogP contribution in [0.5, 0.6) is 0 Å². The summed E-state index contributed by atoms with van der Waals surface area (Å²) >= 11 is 0. The maximum absolute atomic E-state index is 11.7. The van der Waals surface area contributed by atoms with E-state index in [1.165, 1.54) is 0 Å². The highest BCUT2D eigenvalue weighted by Gasteiger charge is 2.44. The molecule has 1 fully saturated rings. The van der Waals surface area contributed by atoms with E-state index in [4.69, 9.17) is 15.5 Å². The lowest BCUT2D eigenvalue weighted by Crippen LogP contribution is -2.62. The number of alkyl carbamates (subject to hydrolysis) is 1. The number of carbonyl (C=O) groups excluding carboxylic acids is 1. The number of rotatable bonds is 3. The van der Waals surface area contributed by atoms with Gasteiger partial charge in [0.15, 0.2) is 0 Å². The Kier molecular flexibility index (Phi) is 3.80. The molecule has 1 rings (SSSR count). The zero-order valence-corrected chi connectivity index (χ0v) is 10.5. The Labute approximate surface area is 96.6 Å². The minimum absolute atomic E-state index is 0.200. The molecule has 5 heteroatoms. The summed E-state index contributed by atoms with van der Waals surface area (Å²) in [5, 5.41) is 2.87. The minimum atomic E-state index is -0.484. The van der Waals surface area contributed by atoms with Crippen LogP contribution < -0.4 is 11.2 Å². The summed E-state index contributed by atoms with van der Waals surface area (Å²) in [6.07, 6.45) is 2.23. The predicted octanol–water partition coefficient (Wildman–Crippen LogP) is 1.71. The first-order valence-corrected chi connectivity index (χ1v) is 5.66. The topological polar surface area (TPSA) is 73.6 Å². The van der Waals surface area contributed by atoms with Gasteiger partial charge in [0.05, 0.1) is 11.6 Å². The van der Waals surface area contributed by atoms with E-state index >= 15 is 0 Å². The van der Waals surface area contributed by atoms with E-state index in [2.05, 4.69) is 5.32 Å². The molecule has 1 aliphatic carbocycles. The van der Waals surface area contributed by atoms with Crippen molar-refractivity contribution < 1.29 is 14.4 Å². The Morgan fingerprint density at radius 3 is 2.31 bits per heavy atom. The van der Waals surface area contributed by atoms with Crippen LogP contribution in [0.15, 0.2) is 0 Å². The summed E-state index contributed by atoms with van der Waals surface area (Å²) in [5.41, 5.74) is -0.834. The predicted molar refractivity (Wildman–Crippen MR) is 60.7 cm³/mol. The molecule has 0 saturated heterocycles. The number of carbonyl (C=O) groups is 1. The third kappa shape index (κ3) is 3.09. The third-order valence-corrected chi connectivity index (χ3v) is 2.98. The van der Waals surface area contributed by atoms with Crippen LogP contribution in [-0.4, -0.2) is 23.3 Å². The summed E-state index contributed by atoms with van der Waals surface area (Å²) in [6.45, 7) is 7.37. The summed E-state index contributed by atoms with van der Waals surface area (Å²) in [6, 6.07) is 0. The summed E-state index contributed by atoms with van der Waals surface area (Å²) in [5.74, 6) is 5.18. The van der Waals surface area contributed by atoms with Crippen molar-refractivity contribution in [1.29, 1.82) is 0 Å². The Bertz CT molecular complexity index is 256. The van der Waals surface area contributed by atoms with E-state index in [9.17, 15) is 4.79 Å². The summed E-state index contributed by atoms with van der Waals surface area (Å²) in [7, 11) is 0. The van der Waals surface area contributed by atoms with Crippen molar-refractivity contribution in [3.8, 4) is 0 Å². The van der Waals surface area contributed by atoms with Crippen LogP contribution in [-0.2, 0) is 9.57 Å². The highest BCUT2D eigenvalue weighted by atomic mass is 16.6. The van der Waals surface area contributed by atoms with Gasteiger partial charge >= 0.3 is 6.09 Å². The van der Waals surface area contributed by atoms with Gasteiger partial charge in [-0.3, -0.25) is 4.84 Å². The van der Waals surface area contributed by atoms with Crippen LogP contribution in [0.25, 0.3) is 0 Å². The Hall–Kier alpha value is -0.810. The SMILES string of the molecule is CC(ON)C1(NC(=O)OC(C)(C)C)CCC1. The van der Waals surface area contributed by atoms with Crippen molar-refractivity contribution in [3.63, 3.8) is 0 Å². The molecule has 0 bridgehead atoms. The largest absolute Gasteiger partial charge is 0.444 e. The average molecular weight is 230 g/mol. The van der Waals surface area contributed by atoms with Gasteiger partial charge in [0.25, 0.3) is 0 Å². The van der Waals surface area contributed by atoms with E-state index in [1.807, 2.05) is 27.7 Å². The number of nitrogens with two attached hydrogens (primary N) is 1. The maximum Gasteiger partial charge on any atom is 0.408 e. The van der Waals surface area contributed by atoms with Gasteiger partial charge in [0, 0.05) is 0 Å². The van der Waals surface area contributed by atoms with Crippen molar-refractivity contribution in [2.75, 3.05) is 0 Å². The molecule has 94 valence electrons. The van der Waals surface area contributed by atoms with Crippen LogP contribution in [0.4, 0.5) is 4.79 Å². The maximum atomic E-state index is 11.7. The molecule has 1 unspecified atom stereocenters. The van der Waals surface area contributed by atoms with Crippen LogP contribution in [0.2, 0.25) is 0 Å². The quantitative estimate of drug-likeness (QED) is 0.724. The lowest BCUT2D eigenvalue weighted by atomic mass is 9.73. The molecule has 1 aliphatic rings. The van der Waals surface area contributed by atoms with E-state index < -0.39 is 11.7 Å². The Morgan fingerprint density at radius 1 is 1.44 bits per heavy atom. The molecule has 0 radical (unpaired) electrons. The van der Waals surface area contributed by atoms with Crippen molar-refractivity contribution >= 4 is 6.09 Å². The molecule has 1 atom stereocenters. The number of nitrogens with one attached hydrogen (secondary N) is 1. The molecular weight excluding hydrogens is 208 g/mol. The van der Waals surface area contributed by atoms with Crippen molar-refractivity contribution in [3.05, 3.63) is 0 Å². The van der Waals surface area contributed by atoms with Crippen LogP contribution in [0.3, 0.4) is 0 Å². The first-order valence-electron chi connectivity index (χ1n) is 5.66. The van der Waals surface area contributed by atoms with E-state index in [-0.39, 0.29) is 11.6 Å². The van der Waals surface area contributed by atoms with Crippen LogP contribution in [0, 0.1) is 0 Å². The molecule has 1 amide bonds. The highest BCUT2D eigenvalue weighted by molar-refractivity contribution is 5.69. The summed E-state index contributed by atoms with van der Waals surface area (Å²) < 4.78 is 5.22. The fraction of sp³-hybridized carbons (Fsp3) is 0.909. The molecule has 0 spiro atoms. The molecule has 3 N–H and O–H groups in total. The normalized spacial score (nSPS) is 20.8. The molecule has 5 nitrogen and oxygen atoms in total. The van der Waals surface area contributed by atoms with Gasteiger partial charge in [-0.25, -0.2) is 10.7 Å². The number of hydrogen-bond donors (Lipinski definition) is 2. The van der Waals surface area contributed by atoms with Crippen molar-refractivity contribution in [2.24, 2.45) is 5.90 Å². The third-order valence-electron chi connectivity index (χ3n) is 2.98. The van der Waals surface area contributed by atoms with Gasteiger partial charge in [-0.05, 0) is 47.0 Å². The van der Waals surface area contributed by atoms with Gasteiger partial charge in [-0.1, -0.05) is 0 Å². The average Bonchev–Trinajstić information content (AvgIpc) is 2.07. The van der Waals surface area contributed by atoms with Gasteiger partial charge in [0.2, 0.25) is 0 Å². The van der Waals surface area contributed by atoms with E-state index in [0.29, 0.717) is 0 Å². The second-order valence-corrected chi connectivity index (χ2v) is 5.41. The number of amides is 1. The van der Waals surface area contributed by atoms with Crippen LogP contribution in [0.1, 0.15) is 47.0 Å². The fourth-order valence-corrected chi connectivity index (χ4v) is 1.83. The minimum Gasteiger partial charge on any atom is -0.444 e. The Morgan fingerprint density at radius 2 is 2.00 bits per heavy atom. The van der Waals surface area contributed by atoms with Crippen molar-refractivity contribution in [1.82, 2.24) is 5.32 Å². The standard InChI is InChI=1S/C11H22N2O3/c1-8(16-12)11(6-5-7-11)13-9(14)15-10(2,3)4/h8H,5-7,12H2,1-4H3,(H,13,14). The monoisotopic (exact) mass is 230 g/mol. The lowest BCUT2D eigenvalue weighted by Gasteiger charge is -2.45. The van der Waals surface area contributed by atoms with Gasteiger partial charge in [-0.15, -0.1) is 0 Å². The molecule has 16 heavy (non-hydrogen) atoms. The molecule has 0 aliphatic heterocycles. The smallest absolute Gasteiger partial charge is 0.408 e. The van der Waals surface area contributed by atoms with E-state index in [0.717, 1.165) is 19.3 Å². The summed E-state index contributed by atoms with van der Waals surface area (Å²) in [4.78, 5) is 16.5. The molecule has 1 saturated carbocycles. The molecular formula is C11H22N2O3. The first-order chi connectivity index (χ1) is 7.29. The number of hydrogen-bond acceptors (Lipinski definition) is 4. The molecule has 0 aromatic carbocycles. The van der Waals surface area contributed by atoms with Crippen LogP contribution >= 0.6 is 0 Å². The first kappa shape index (κ1) is 13.3. The fourth-order valence-electron chi connectivity index (χ4n) is 1.83. The van der Waals surface area contributed by atoms with Gasteiger partial charge in [0.1, 0.15) is 5.60 Å². The molecule has 0 aromatic heterocycles. The Balaban J connectivity index is 2.54. The zero-order chi connectivity index (χ0) is 12.4. The second kappa shape index (κ2) is 4.59. The number of ether oxygens (including phenoxy) is 1. The van der Waals surface area contributed by atoms with Gasteiger partial charge in [-0.2, -0.15) is 0 Å². The highest BCUT2D eigenvalue weighted by Crippen LogP contribution is 2.36. The molecule has 0 aromatic rings. The van der Waals surface area contributed by atoms with E-state index in [1.54, 1.807) is 0 Å². The lowest BCUT2D eigenvalue weighted by molar-refractivity contribution is -0.0442. The zero-order valence-electron chi connectivity index (χ0n) is 10.5. The van der Waals surface area contributed by atoms with Gasteiger partial charge < -0.3 is 10.1 Å². The second-order valence-electron chi connectivity index (χ2n) is 5.41.